The van der Waals surface area contributed by atoms with Crippen LogP contribution in [-0.2, 0) is 14.3 Å². The number of nitrogens with one attached hydrogen (secondary N) is 2. The van der Waals surface area contributed by atoms with Gasteiger partial charge in [0.05, 0.1) is 18.3 Å². The molecule has 2 heterocycles. The van der Waals surface area contributed by atoms with Gasteiger partial charge in [-0.05, 0) is 25.0 Å². The van der Waals surface area contributed by atoms with Crippen LogP contribution in [0.3, 0.4) is 0 Å². The molecule has 0 spiro atoms. The molecule has 2 fully saturated rings. The van der Waals surface area contributed by atoms with Gasteiger partial charge in [-0.3, -0.25) is 14.6 Å². The summed E-state index contributed by atoms with van der Waals surface area (Å²) in [5, 5.41) is 4.80. The van der Waals surface area contributed by atoms with Crippen LogP contribution < -0.4 is 10.6 Å². The van der Waals surface area contributed by atoms with Gasteiger partial charge in [-0.15, -0.1) is 0 Å². The van der Waals surface area contributed by atoms with Gasteiger partial charge in [-0.1, -0.05) is 11.8 Å². The summed E-state index contributed by atoms with van der Waals surface area (Å²) < 4.78 is 31.9. The molecule has 2 aliphatic rings. The van der Waals surface area contributed by atoms with Crippen molar-refractivity contribution in [3.05, 3.63) is 29.8 Å². The minimum Gasteiger partial charge on any atom is -0.376 e. The van der Waals surface area contributed by atoms with Crippen molar-refractivity contribution in [1.29, 1.82) is 0 Å². The van der Waals surface area contributed by atoms with Gasteiger partial charge >= 0.3 is 0 Å². The number of benzene rings is 1. The number of halogens is 2. The zero-order valence-corrected chi connectivity index (χ0v) is 14.1. The van der Waals surface area contributed by atoms with Crippen molar-refractivity contribution in [3.8, 4) is 0 Å². The summed E-state index contributed by atoms with van der Waals surface area (Å²) >= 11 is 1.17. The number of hydrogen-bond donors (Lipinski definition) is 2. The Morgan fingerprint density at radius 1 is 1.44 bits per heavy atom. The number of amides is 2. The van der Waals surface area contributed by atoms with E-state index in [1.54, 1.807) is 0 Å². The lowest BCUT2D eigenvalue weighted by Gasteiger charge is -2.08. The fraction of sp³-hybridized carbons (Fsp3) is 0.438. The predicted octanol–water partition coefficient (Wildman–Crippen LogP) is 2.06. The number of carbonyl (C=O) groups excluding carboxylic acids is 2. The Hall–Kier alpha value is -2.00. The minimum absolute atomic E-state index is 0.0776. The summed E-state index contributed by atoms with van der Waals surface area (Å²) in [6.07, 6.45) is 1.91. The summed E-state index contributed by atoms with van der Waals surface area (Å²) in [5.74, 6) is -2.44. The lowest BCUT2D eigenvalue weighted by molar-refractivity contribution is -0.122. The second-order valence-electron chi connectivity index (χ2n) is 5.75. The van der Waals surface area contributed by atoms with Crippen LogP contribution in [0.25, 0.3) is 0 Å². The average molecular weight is 369 g/mol. The third-order valence-electron chi connectivity index (χ3n) is 3.81. The molecule has 2 unspecified atom stereocenters. The Bertz CT molecular complexity index is 708. The van der Waals surface area contributed by atoms with Crippen molar-refractivity contribution in [2.45, 2.75) is 30.6 Å². The highest BCUT2D eigenvalue weighted by Crippen LogP contribution is 2.24. The molecule has 2 atom stereocenters. The number of anilines is 1. The van der Waals surface area contributed by atoms with Crippen LogP contribution >= 0.6 is 11.8 Å². The molecule has 0 saturated carbocycles. The second-order valence-corrected chi connectivity index (χ2v) is 6.94. The molecular formula is C16H17F2N3O3S. The van der Waals surface area contributed by atoms with Gasteiger partial charge in [0.2, 0.25) is 11.8 Å². The van der Waals surface area contributed by atoms with Crippen LogP contribution in [0.15, 0.2) is 23.2 Å². The molecular weight excluding hydrogens is 352 g/mol. The van der Waals surface area contributed by atoms with E-state index in [1.165, 1.54) is 11.8 Å². The zero-order valence-electron chi connectivity index (χ0n) is 13.3. The molecule has 25 heavy (non-hydrogen) atoms. The maximum absolute atomic E-state index is 13.5. The number of thioether (sulfide) groups is 1. The van der Waals surface area contributed by atoms with Crippen molar-refractivity contribution in [3.63, 3.8) is 0 Å². The fourth-order valence-corrected chi connectivity index (χ4v) is 3.53. The molecule has 9 heteroatoms. The molecule has 0 aliphatic carbocycles. The van der Waals surface area contributed by atoms with E-state index in [0.717, 1.165) is 31.6 Å². The number of carbonyl (C=O) groups is 2. The number of aliphatic imine (C=N–C) groups is 1. The van der Waals surface area contributed by atoms with E-state index in [2.05, 4.69) is 15.6 Å². The fourth-order valence-electron chi connectivity index (χ4n) is 2.55. The SMILES string of the molecule is O=C(CC1SC(=NCC2CCCO2)NC1=O)Nc1ccc(F)cc1F. The molecule has 0 aromatic heterocycles. The third-order valence-corrected chi connectivity index (χ3v) is 4.93. The molecule has 2 N–H and O–H groups in total. The molecule has 2 amide bonds. The van der Waals surface area contributed by atoms with Gasteiger partial charge in [-0.2, -0.15) is 0 Å². The van der Waals surface area contributed by atoms with Crippen LogP contribution in [0.2, 0.25) is 0 Å². The van der Waals surface area contributed by atoms with Gasteiger partial charge < -0.3 is 15.4 Å². The van der Waals surface area contributed by atoms with Crippen LogP contribution in [0.5, 0.6) is 0 Å². The predicted molar refractivity (Wildman–Crippen MR) is 90.4 cm³/mol. The Morgan fingerprint density at radius 3 is 3.00 bits per heavy atom. The normalized spacial score (nSPS) is 24.6. The highest BCUT2D eigenvalue weighted by atomic mass is 32.2. The Kier molecular flexibility index (Phi) is 5.64. The van der Waals surface area contributed by atoms with Crippen LogP contribution in [0.1, 0.15) is 19.3 Å². The van der Waals surface area contributed by atoms with Crippen molar-refractivity contribution < 1.29 is 23.1 Å². The molecule has 2 saturated heterocycles. The smallest absolute Gasteiger partial charge is 0.240 e. The summed E-state index contributed by atoms with van der Waals surface area (Å²) in [4.78, 5) is 28.2. The summed E-state index contributed by atoms with van der Waals surface area (Å²) in [5.41, 5.74) is -0.123. The highest BCUT2D eigenvalue weighted by molar-refractivity contribution is 8.15. The first kappa shape index (κ1) is 17.8. The monoisotopic (exact) mass is 369 g/mol. The minimum atomic E-state index is -0.865. The lowest BCUT2D eigenvalue weighted by Crippen LogP contribution is -2.28. The lowest BCUT2D eigenvalue weighted by atomic mass is 10.2. The van der Waals surface area contributed by atoms with E-state index >= 15 is 0 Å². The van der Waals surface area contributed by atoms with E-state index < -0.39 is 22.8 Å². The highest BCUT2D eigenvalue weighted by Gasteiger charge is 2.32. The number of ether oxygens (including phenoxy) is 1. The molecule has 6 nitrogen and oxygen atoms in total. The number of amidine groups is 1. The topological polar surface area (TPSA) is 79.8 Å². The van der Waals surface area contributed by atoms with E-state index in [4.69, 9.17) is 4.74 Å². The van der Waals surface area contributed by atoms with Crippen molar-refractivity contribution in [2.75, 3.05) is 18.5 Å². The Morgan fingerprint density at radius 2 is 2.28 bits per heavy atom. The van der Waals surface area contributed by atoms with Crippen LogP contribution in [0.4, 0.5) is 14.5 Å². The van der Waals surface area contributed by atoms with E-state index in [9.17, 15) is 18.4 Å². The maximum Gasteiger partial charge on any atom is 0.240 e. The quantitative estimate of drug-likeness (QED) is 0.833. The van der Waals surface area contributed by atoms with Crippen molar-refractivity contribution in [2.24, 2.45) is 4.99 Å². The standard InChI is InChI=1S/C16H17F2N3O3S/c17-9-3-4-12(11(18)6-9)20-14(22)7-13-15(23)21-16(25-13)19-8-10-2-1-5-24-10/h3-4,6,10,13H,1-2,5,7-8H2,(H,20,22)(H,19,21,23). The van der Waals surface area contributed by atoms with Gasteiger partial charge in [0.15, 0.2) is 5.17 Å². The first-order chi connectivity index (χ1) is 12.0. The van der Waals surface area contributed by atoms with Gasteiger partial charge in [0, 0.05) is 19.1 Å². The van der Waals surface area contributed by atoms with Crippen LogP contribution in [-0.4, -0.2) is 41.5 Å². The number of nitrogens with zero attached hydrogens (tertiary/aromatic N) is 1. The number of hydrogen-bond acceptors (Lipinski definition) is 5. The largest absolute Gasteiger partial charge is 0.376 e. The summed E-state index contributed by atoms with van der Waals surface area (Å²) in [6, 6.07) is 2.87. The first-order valence-corrected chi connectivity index (χ1v) is 8.77. The van der Waals surface area contributed by atoms with E-state index in [0.29, 0.717) is 17.8 Å². The first-order valence-electron chi connectivity index (χ1n) is 7.90. The zero-order chi connectivity index (χ0) is 17.8. The second kappa shape index (κ2) is 7.92. The van der Waals surface area contributed by atoms with Crippen molar-refractivity contribution in [1.82, 2.24) is 5.32 Å². The van der Waals surface area contributed by atoms with Gasteiger partial charge in [0.25, 0.3) is 0 Å². The molecule has 1 aromatic carbocycles. The summed E-state index contributed by atoms with van der Waals surface area (Å²) in [6.45, 7) is 1.21. The molecule has 0 radical (unpaired) electrons. The Labute approximate surface area is 147 Å². The molecule has 134 valence electrons. The van der Waals surface area contributed by atoms with Crippen LogP contribution in [0, 0.1) is 11.6 Å². The Balaban J connectivity index is 1.52. The van der Waals surface area contributed by atoms with Gasteiger partial charge in [0.1, 0.15) is 16.9 Å². The van der Waals surface area contributed by atoms with Crippen molar-refractivity contribution >= 4 is 34.4 Å². The molecule has 1 aromatic rings. The molecule has 0 bridgehead atoms. The van der Waals surface area contributed by atoms with E-state index in [-0.39, 0.29) is 24.1 Å². The molecule has 2 aliphatic heterocycles. The molecule has 3 rings (SSSR count). The maximum atomic E-state index is 13.5. The number of rotatable bonds is 5. The van der Waals surface area contributed by atoms with Gasteiger partial charge in [-0.25, -0.2) is 8.78 Å². The third kappa shape index (κ3) is 4.76. The van der Waals surface area contributed by atoms with E-state index in [1.807, 2.05) is 0 Å². The summed E-state index contributed by atoms with van der Waals surface area (Å²) in [7, 11) is 0. The average Bonchev–Trinajstić information content (AvgIpc) is 3.18.